The van der Waals surface area contributed by atoms with Crippen LogP contribution < -0.4 is 10.6 Å². The van der Waals surface area contributed by atoms with Crippen LogP contribution in [0.4, 0.5) is 14.6 Å². The van der Waals surface area contributed by atoms with Gasteiger partial charge in [-0.1, -0.05) is 42.4 Å². The highest BCUT2D eigenvalue weighted by atomic mass is 35.5. The van der Waals surface area contributed by atoms with Gasteiger partial charge in [0.05, 0.1) is 10.5 Å². The molecule has 38 heavy (non-hydrogen) atoms. The number of nitrogens with zero attached hydrogens (tertiary/aromatic N) is 4. The van der Waals surface area contributed by atoms with Crippen molar-refractivity contribution in [3.63, 3.8) is 0 Å². The van der Waals surface area contributed by atoms with Gasteiger partial charge in [-0.3, -0.25) is 9.36 Å². The van der Waals surface area contributed by atoms with Gasteiger partial charge in [0.15, 0.2) is 0 Å². The fourth-order valence-electron chi connectivity index (χ4n) is 5.56. The Labute approximate surface area is 226 Å². The minimum absolute atomic E-state index is 0.116. The lowest BCUT2D eigenvalue weighted by molar-refractivity contribution is -0.126. The van der Waals surface area contributed by atoms with Gasteiger partial charge in [0.25, 0.3) is 0 Å². The third-order valence-electron chi connectivity index (χ3n) is 7.29. The highest BCUT2D eigenvalue weighted by Crippen LogP contribution is 2.48. The van der Waals surface area contributed by atoms with Crippen LogP contribution in [0.1, 0.15) is 6.92 Å². The fraction of sp³-hybridized carbons (Fsp3) is 0.250. The maximum absolute atomic E-state index is 15.5. The molecule has 0 bridgehead atoms. The molecule has 6 nitrogen and oxygen atoms in total. The molecule has 3 heterocycles. The van der Waals surface area contributed by atoms with Gasteiger partial charge < -0.3 is 9.80 Å². The number of hydrogen-bond donors (Lipinski definition) is 0. The van der Waals surface area contributed by atoms with Gasteiger partial charge in [0.2, 0.25) is 5.91 Å². The van der Waals surface area contributed by atoms with Crippen molar-refractivity contribution >= 4 is 56.8 Å². The van der Waals surface area contributed by atoms with E-state index in [1.807, 2.05) is 11.8 Å². The van der Waals surface area contributed by atoms with Crippen molar-refractivity contribution in [2.24, 2.45) is 0 Å². The second kappa shape index (κ2) is 9.39. The number of carbonyl (C=O) groups is 1. The number of piperazine rings is 1. The number of anilines is 1. The first kappa shape index (κ1) is 24.9. The largest absolute Gasteiger partial charge is 0.350 e. The summed E-state index contributed by atoms with van der Waals surface area (Å²) in [5.74, 6) is -0.438. The normalized spacial score (nSPS) is 17.3. The summed E-state index contributed by atoms with van der Waals surface area (Å²) in [5, 5.41) is 1.68. The van der Waals surface area contributed by atoms with Crippen LogP contribution in [0.5, 0.6) is 0 Å². The van der Waals surface area contributed by atoms with E-state index in [4.69, 9.17) is 11.6 Å². The Morgan fingerprint density at radius 3 is 2.61 bits per heavy atom. The average molecular weight is 553 g/mol. The Balaban J connectivity index is 1.60. The summed E-state index contributed by atoms with van der Waals surface area (Å²) in [5.41, 5.74) is 0.890. The Morgan fingerprint density at radius 2 is 1.87 bits per heavy atom. The van der Waals surface area contributed by atoms with Crippen LogP contribution in [0.2, 0.25) is 5.02 Å². The van der Waals surface area contributed by atoms with Crippen molar-refractivity contribution in [2.75, 3.05) is 30.3 Å². The molecule has 0 spiro atoms. The average Bonchev–Trinajstić information content (AvgIpc) is 2.91. The lowest BCUT2D eigenvalue weighted by Gasteiger charge is -2.40. The zero-order chi connectivity index (χ0) is 26.7. The Morgan fingerprint density at radius 1 is 1.11 bits per heavy atom. The molecule has 2 aliphatic heterocycles. The number of amides is 1. The molecule has 1 atom stereocenters. The predicted octanol–water partition coefficient (Wildman–Crippen LogP) is 5.48. The molecule has 1 aromatic heterocycles. The van der Waals surface area contributed by atoms with E-state index in [-0.39, 0.29) is 17.5 Å². The second-order valence-corrected chi connectivity index (χ2v) is 11.0. The van der Waals surface area contributed by atoms with Gasteiger partial charge in [-0.05, 0) is 24.5 Å². The van der Waals surface area contributed by atoms with E-state index in [0.29, 0.717) is 74.9 Å². The van der Waals surface area contributed by atoms with Crippen LogP contribution in [0.25, 0.3) is 32.8 Å². The third-order valence-corrected chi connectivity index (χ3v) is 8.66. The van der Waals surface area contributed by atoms with E-state index in [1.165, 1.54) is 17.8 Å². The van der Waals surface area contributed by atoms with Crippen LogP contribution in [-0.2, 0) is 11.3 Å². The third kappa shape index (κ3) is 3.79. The molecule has 0 unspecified atom stereocenters. The van der Waals surface area contributed by atoms with Crippen molar-refractivity contribution < 1.29 is 13.6 Å². The molecule has 4 aromatic rings. The van der Waals surface area contributed by atoms with Crippen LogP contribution in [-0.4, -0.2) is 51.8 Å². The van der Waals surface area contributed by atoms with Crippen molar-refractivity contribution in [3.05, 3.63) is 76.2 Å². The van der Waals surface area contributed by atoms with Crippen molar-refractivity contribution in [3.8, 4) is 11.1 Å². The number of aryl methyl sites for hydroxylation is 1. The number of fused-ring (bicyclic) bond motifs is 1. The molecule has 3 aromatic carbocycles. The van der Waals surface area contributed by atoms with E-state index >= 15 is 4.39 Å². The smallest absolute Gasteiger partial charge is 0.350 e. The number of benzene rings is 3. The highest BCUT2D eigenvalue weighted by molar-refractivity contribution is 7.99. The minimum atomic E-state index is -0.718. The SMILES string of the molecule is C=CC(=O)N1CCN(c2nc(=O)n3c4c(c(-c5c(F)cc(F)c6ccccc56)c(Cl)cc24)SCC3)[C@@H](C)C1. The van der Waals surface area contributed by atoms with Crippen LogP contribution in [0, 0.1) is 11.6 Å². The lowest BCUT2D eigenvalue weighted by atomic mass is 9.95. The molecule has 0 aliphatic carbocycles. The molecular weight excluding hydrogens is 530 g/mol. The number of aromatic nitrogens is 2. The Bertz CT molecular complexity index is 1720. The van der Waals surface area contributed by atoms with E-state index in [1.54, 1.807) is 39.8 Å². The zero-order valence-corrected chi connectivity index (χ0v) is 22.1. The highest BCUT2D eigenvalue weighted by Gasteiger charge is 2.32. The Hall–Kier alpha value is -3.43. The molecule has 1 fully saturated rings. The zero-order valence-electron chi connectivity index (χ0n) is 20.5. The molecule has 1 amide bonds. The molecule has 1 saturated heterocycles. The summed E-state index contributed by atoms with van der Waals surface area (Å²) in [6.45, 7) is 7.39. The van der Waals surface area contributed by atoms with Gasteiger partial charge >= 0.3 is 5.69 Å². The molecule has 194 valence electrons. The van der Waals surface area contributed by atoms with Crippen LogP contribution in [0.15, 0.2) is 58.7 Å². The monoisotopic (exact) mass is 552 g/mol. The lowest BCUT2D eigenvalue weighted by Crippen LogP contribution is -2.54. The van der Waals surface area contributed by atoms with E-state index in [0.717, 1.165) is 6.07 Å². The summed E-state index contributed by atoms with van der Waals surface area (Å²) < 4.78 is 31.7. The quantitative estimate of drug-likeness (QED) is 0.315. The maximum Gasteiger partial charge on any atom is 0.350 e. The summed E-state index contributed by atoms with van der Waals surface area (Å²) in [4.78, 5) is 34.3. The number of thioether (sulfide) groups is 1. The number of carbonyl (C=O) groups excluding carboxylic acids is 1. The number of hydrogen-bond acceptors (Lipinski definition) is 5. The van der Waals surface area contributed by atoms with Gasteiger partial charge in [-0.15, -0.1) is 11.8 Å². The molecule has 0 N–H and O–H groups in total. The first-order valence-corrected chi connectivity index (χ1v) is 13.6. The van der Waals surface area contributed by atoms with Crippen molar-refractivity contribution in [1.82, 2.24) is 14.5 Å². The first-order valence-electron chi connectivity index (χ1n) is 12.2. The fourth-order valence-corrected chi connectivity index (χ4v) is 7.10. The number of halogens is 3. The van der Waals surface area contributed by atoms with E-state index < -0.39 is 17.3 Å². The molecule has 0 radical (unpaired) electrons. The van der Waals surface area contributed by atoms with E-state index in [9.17, 15) is 14.0 Å². The Kier molecular flexibility index (Phi) is 6.15. The van der Waals surface area contributed by atoms with Crippen LogP contribution >= 0.6 is 23.4 Å². The van der Waals surface area contributed by atoms with Gasteiger partial charge in [0.1, 0.15) is 17.5 Å². The first-order chi connectivity index (χ1) is 18.3. The topological polar surface area (TPSA) is 58.4 Å². The molecule has 10 heteroatoms. The summed E-state index contributed by atoms with van der Waals surface area (Å²) >= 11 is 8.40. The molecular formula is C28H23ClF2N4O2S. The maximum atomic E-state index is 15.5. The van der Waals surface area contributed by atoms with Gasteiger partial charge in [-0.2, -0.15) is 4.98 Å². The molecule has 0 saturated carbocycles. The summed E-state index contributed by atoms with van der Waals surface area (Å²) in [6.07, 6.45) is 1.30. The standard InChI is InChI=1S/C28H23ClF2N4O2S/c1-3-22(36)33-8-9-34(15(2)14-33)27-18-12-19(29)24(26-25(18)35(10-11-38-26)28(37)32-27)23-17-7-5-4-6-16(17)20(30)13-21(23)31/h3-7,12-13,15H,1,8-11,14H2,2H3/t15-/m0/s1. The van der Waals surface area contributed by atoms with Crippen molar-refractivity contribution in [2.45, 2.75) is 24.4 Å². The summed E-state index contributed by atoms with van der Waals surface area (Å²) in [7, 11) is 0. The van der Waals surface area contributed by atoms with Gasteiger partial charge in [0, 0.05) is 70.8 Å². The van der Waals surface area contributed by atoms with E-state index in [2.05, 4.69) is 11.6 Å². The predicted molar refractivity (Wildman–Crippen MR) is 148 cm³/mol. The minimum Gasteiger partial charge on any atom is -0.350 e. The summed E-state index contributed by atoms with van der Waals surface area (Å²) in [6, 6.07) is 9.21. The van der Waals surface area contributed by atoms with Gasteiger partial charge in [-0.25, -0.2) is 13.6 Å². The van der Waals surface area contributed by atoms with Crippen LogP contribution in [0.3, 0.4) is 0 Å². The number of rotatable bonds is 3. The molecule has 2 aliphatic rings. The second-order valence-electron chi connectivity index (χ2n) is 9.47. The van der Waals surface area contributed by atoms with Crippen molar-refractivity contribution in [1.29, 1.82) is 0 Å². The molecule has 6 rings (SSSR count).